The average Bonchev–Trinajstić information content (AvgIpc) is 2.34. The fourth-order valence-electron chi connectivity index (χ4n) is 0.687. The van der Waals surface area contributed by atoms with Gasteiger partial charge in [0.25, 0.3) is 0 Å². The summed E-state index contributed by atoms with van der Waals surface area (Å²) in [5.41, 5.74) is 0.578. The molecule has 0 fully saturated rings. The van der Waals surface area contributed by atoms with Crippen LogP contribution < -0.4 is 5.32 Å². The first-order chi connectivity index (χ1) is 5.22. The molecule has 0 aliphatic heterocycles. The van der Waals surface area contributed by atoms with E-state index in [0.29, 0.717) is 11.5 Å². The lowest BCUT2D eigenvalue weighted by Crippen LogP contribution is -2.05. The number of anilines is 1. The fraction of sp³-hybridized carbons (Fsp3) is 0.333. The molecule has 11 heavy (non-hydrogen) atoms. The Labute approximate surface area is 63.4 Å². The Bertz CT molecular complexity index is 256. The normalized spacial score (nSPS) is 9.64. The molecular weight excluding hydrogens is 146 g/mol. The number of nitrogens with zero attached hydrogens (tertiary/aromatic N) is 1. The van der Waals surface area contributed by atoms with Gasteiger partial charge in [-0.15, -0.1) is 0 Å². The molecule has 0 atom stereocenters. The van der Waals surface area contributed by atoms with Gasteiger partial charge in [-0.2, -0.15) is 5.10 Å². The van der Waals surface area contributed by atoms with Gasteiger partial charge in [0, 0.05) is 13.0 Å². The number of nitrogens with one attached hydrogen (secondary N) is 2. The van der Waals surface area contributed by atoms with E-state index in [9.17, 15) is 4.79 Å². The van der Waals surface area contributed by atoms with Gasteiger partial charge < -0.3 is 10.4 Å². The maximum Gasteiger partial charge on any atom is 0.222 e. The van der Waals surface area contributed by atoms with Gasteiger partial charge in [-0.05, 0) is 0 Å². The topological polar surface area (TPSA) is 78.0 Å². The first kappa shape index (κ1) is 7.74. The summed E-state index contributed by atoms with van der Waals surface area (Å²) in [6.45, 7) is 1.29. The van der Waals surface area contributed by atoms with Crippen LogP contribution in [0, 0.1) is 0 Å². The summed E-state index contributed by atoms with van der Waals surface area (Å²) in [6.07, 6.45) is 0. The van der Waals surface area contributed by atoms with Gasteiger partial charge in [-0.25, -0.2) is 0 Å². The van der Waals surface area contributed by atoms with E-state index >= 15 is 0 Å². The highest BCUT2D eigenvalue weighted by atomic mass is 16.3. The second-order valence-corrected chi connectivity index (χ2v) is 2.12. The number of amides is 1. The van der Waals surface area contributed by atoms with Crippen molar-refractivity contribution >= 4 is 11.7 Å². The Morgan fingerprint density at radius 2 is 2.64 bits per heavy atom. The van der Waals surface area contributed by atoms with Crippen LogP contribution in [0.15, 0.2) is 6.07 Å². The van der Waals surface area contributed by atoms with Gasteiger partial charge in [-0.1, -0.05) is 0 Å². The van der Waals surface area contributed by atoms with Crippen LogP contribution >= 0.6 is 0 Å². The second-order valence-electron chi connectivity index (χ2n) is 2.12. The van der Waals surface area contributed by atoms with Crippen molar-refractivity contribution in [3.63, 3.8) is 0 Å². The van der Waals surface area contributed by atoms with Crippen molar-refractivity contribution in [3.05, 3.63) is 11.8 Å². The number of aromatic nitrogens is 2. The lowest BCUT2D eigenvalue weighted by atomic mass is 10.4. The molecule has 60 valence electrons. The highest BCUT2D eigenvalue weighted by Crippen LogP contribution is 2.03. The molecule has 0 spiro atoms. The summed E-state index contributed by atoms with van der Waals surface area (Å²) >= 11 is 0. The van der Waals surface area contributed by atoms with Crippen LogP contribution in [0.4, 0.5) is 5.82 Å². The molecule has 3 N–H and O–H groups in total. The molecule has 0 saturated heterocycles. The van der Waals surface area contributed by atoms with E-state index in [1.807, 2.05) is 0 Å². The summed E-state index contributed by atoms with van der Waals surface area (Å²) in [4.78, 5) is 10.5. The maximum absolute atomic E-state index is 10.5. The Balaban J connectivity index is 2.65. The van der Waals surface area contributed by atoms with E-state index in [2.05, 4.69) is 15.5 Å². The first-order valence-electron chi connectivity index (χ1n) is 3.15. The lowest BCUT2D eigenvalue weighted by molar-refractivity contribution is -0.114. The summed E-state index contributed by atoms with van der Waals surface area (Å²) in [5, 5.41) is 17.3. The van der Waals surface area contributed by atoms with E-state index < -0.39 is 0 Å². The van der Waals surface area contributed by atoms with Gasteiger partial charge in [0.15, 0.2) is 5.82 Å². The number of hydrogen-bond donors (Lipinski definition) is 3. The molecule has 1 amide bonds. The third kappa shape index (κ3) is 2.05. The van der Waals surface area contributed by atoms with Crippen molar-refractivity contribution in [2.75, 3.05) is 5.32 Å². The standard InChI is InChI=1S/C6H9N3O2/c1-4(11)7-6-2-5(3-10)8-9-6/h2,10H,3H2,1H3,(H2,7,8,9,11). The molecule has 0 aliphatic carbocycles. The SMILES string of the molecule is CC(=O)Nc1cc(CO)[nH]n1. The molecule has 0 aromatic carbocycles. The zero-order valence-electron chi connectivity index (χ0n) is 6.09. The van der Waals surface area contributed by atoms with Crippen LogP contribution in [0.2, 0.25) is 0 Å². The van der Waals surface area contributed by atoms with Crippen LogP contribution in [-0.2, 0) is 11.4 Å². The number of carbonyl (C=O) groups is 1. The van der Waals surface area contributed by atoms with Crippen molar-refractivity contribution in [3.8, 4) is 0 Å². The van der Waals surface area contributed by atoms with Crippen LogP contribution in [0.1, 0.15) is 12.6 Å². The number of hydrogen-bond acceptors (Lipinski definition) is 3. The Hall–Kier alpha value is -1.36. The van der Waals surface area contributed by atoms with E-state index in [4.69, 9.17) is 5.11 Å². The zero-order valence-corrected chi connectivity index (χ0v) is 6.09. The van der Waals surface area contributed by atoms with Crippen molar-refractivity contribution in [2.45, 2.75) is 13.5 Å². The van der Waals surface area contributed by atoms with Gasteiger partial charge in [0.1, 0.15) is 0 Å². The minimum Gasteiger partial charge on any atom is -0.390 e. The Morgan fingerprint density at radius 3 is 3.09 bits per heavy atom. The van der Waals surface area contributed by atoms with Gasteiger partial charge in [0.2, 0.25) is 5.91 Å². The molecule has 1 aromatic heterocycles. The third-order valence-corrected chi connectivity index (χ3v) is 1.11. The van der Waals surface area contributed by atoms with Gasteiger partial charge in [-0.3, -0.25) is 9.89 Å². The fourth-order valence-corrected chi connectivity index (χ4v) is 0.687. The number of aromatic amines is 1. The predicted octanol–water partition coefficient (Wildman–Crippen LogP) is -0.140. The molecule has 0 unspecified atom stereocenters. The molecule has 0 saturated carbocycles. The smallest absolute Gasteiger partial charge is 0.222 e. The van der Waals surface area contributed by atoms with Crippen molar-refractivity contribution in [1.29, 1.82) is 0 Å². The number of aliphatic hydroxyl groups excluding tert-OH is 1. The van der Waals surface area contributed by atoms with Crippen molar-refractivity contribution < 1.29 is 9.90 Å². The Morgan fingerprint density at radius 1 is 1.91 bits per heavy atom. The Kier molecular flexibility index (Phi) is 2.22. The molecule has 1 aromatic rings. The molecule has 1 heterocycles. The number of carbonyl (C=O) groups excluding carboxylic acids is 1. The summed E-state index contributed by atoms with van der Waals surface area (Å²) < 4.78 is 0. The molecule has 0 bridgehead atoms. The van der Waals surface area contributed by atoms with Crippen molar-refractivity contribution in [1.82, 2.24) is 10.2 Å². The van der Waals surface area contributed by atoms with Crippen LogP contribution in [0.3, 0.4) is 0 Å². The minimum absolute atomic E-state index is 0.105. The van der Waals surface area contributed by atoms with Crippen LogP contribution in [0.25, 0.3) is 0 Å². The highest BCUT2D eigenvalue weighted by molar-refractivity contribution is 5.87. The predicted molar refractivity (Wildman–Crippen MR) is 38.8 cm³/mol. The largest absolute Gasteiger partial charge is 0.390 e. The summed E-state index contributed by atoms with van der Waals surface area (Å²) in [7, 11) is 0. The summed E-state index contributed by atoms with van der Waals surface area (Å²) in [5.74, 6) is 0.252. The van der Waals surface area contributed by atoms with Crippen LogP contribution in [-0.4, -0.2) is 21.2 Å². The molecule has 0 radical (unpaired) electrons. The van der Waals surface area contributed by atoms with E-state index in [-0.39, 0.29) is 12.5 Å². The quantitative estimate of drug-likeness (QED) is 0.556. The number of aliphatic hydroxyl groups is 1. The van der Waals surface area contributed by atoms with E-state index in [1.54, 1.807) is 6.07 Å². The number of rotatable bonds is 2. The maximum atomic E-state index is 10.5. The molecular formula is C6H9N3O2. The highest BCUT2D eigenvalue weighted by Gasteiger charge is 1.99. The number of H-pyrrole nitrogens is 1. The zero-order chi connectivity index (χ0) is 8.27. The monoisotopic (exact) mass is 155 g/mol. The molecule has 5 nitrogen and oxygen atoms in total. The average molecular weight is 155 g/mol. The van der Waals surface area contributed by atoms with Gasteiger partial charge in [0.05, 0.1) is 12.3 Å². The third-order valence-electron chi connectivity index (χ3n) is 1.11. The van der Waals surface area contributed by atoms with E-state index in [1.165, 1.54) is 6.92 Å². The minimum atomic E-state index is -0.180. The molecule has 5 heteroatoms. The first-order valence-corrected chi connectivity index (χ1v) is 3.15. The lowest BCUT2D eigenvalue weighted by Gasteiger charge is -1.91. The van der Waals surface area contributed by atoms with Crippen molar-refractivity contribution in [2.24, 2.45) is 0 Å². The second kappa shape index (κ2) is 3.16. The van der Waals surface area contributed by atoms with Gasteiger partial charge >= 0.3 is 0 Å². The van der Waals surface area contributed by atoms with Crippen LogP contribution in [0.5, 0.6) is 0 Å². The molecule has 1 rings (SSSR count). The summed E-state index contributed by atoms with van der Waals surface area (Å²) in [6, 6.07) is 1.57. The van der Waals surface area contributed by atoms with E-state index in [0.717, 1.165) is 0 Å². The molecule has 0 aliphatic rings.